The van der Waals surface area contributed by atoms with E-state index in [2.05, 4.69) is 5.32 Å². The van der Waals surface area contributed by atoms with E-state index >= 15 is 4.39 Å². The van der Waals surface area contributed by atoms with E-state index in [0.29, 0.717) is 54.7 Å². The zero-order valence-corrected chi connectivity index (χ0v) is 26.1. The number of hydrogen-bond donors (Lipinski definition) is 2. The Bertz CT molecular complexity index is 1290. The molecule has 44 heavy (non-hydrogen) atoms. The number of nitrogens with two attached hydrogens (primary N) is 1. The topological polar surface area (TPSA) is 90.7 Å². The molecule has 3 atom stereocenters. The molecule has 3 aromatic carbocycles. The van der Waals surface area contributed by atoms with Crippen molar-refractivity contribution in [1.82, 2.24) is 5.32 Å². The first-order chi connectivity index (χ1) is 20.2. The number of halogens is 5. The molecule has 0 saturated carbocycles. The van der Waals surface area contributed by atoms with Crippen molar-refractivity contribution in [2.45, 2.75) is 63.1 Å². The fourth-order valence-corrected chi connectivity index (χ4v) is 5.22. The van der Waals surface area contributed by atoms with Gasteiger partial charge in [0.2, 0.25) is 0 Å². The maximum absolute atomic E-state index is 15.0. The number of Topliss-reactive ketones (excluding diaryl/α,β-unsaturated/α-hetero) is 1. The summed E-state index contributed by atoms with van der Waals surface area (Å²) in [7, 11) is 0. The summed E-state index contributed by atoms with van der Waals surface area (Å²) in [5.41, 5.74) is 8.71. The quantitative estimate of drug-likeness (QED) is 0.225. The van der Waals surface area contributed by atoms with Gasteiger partial charge in [0, 0.05) is 25.3 Å². The lowest BCUT2D eigenvalue weighted by Crippen LogP contribution is -2.49. The molecule has 0 radical (unpaired) electrons. The molecule has 0 aromatic heterocycles. The minimum atomic E-state index is -1.04. The molecule has 6 nitrogen and oxygen atoms in total. The number of benzene rings is 3. The van der Waals surface area contributed by atoms with Gasteiger partial charge in [0.05, 0.1) is 24.8 Å². The van der Waals surface area contributed by atoms with Gasteiger partial charge in [-0.3, -0.25) is 9.59 Å². The minimum Gasteiger partial charge on any atom is -0.464 e. The highest BCUT2D eigenvalue weighted by Crippen LogP contribution is 2.29. The fraction of sp³-hybridized carbons (Fsp3) is 0.394. The number of carbonyl (C=O) groups excluding carboxylic acids is 2. The summed E-state index contributed by atoms with van der Waals surface area (Å²) in [5.74, 6) is -2.47. The molecule has 1 aliphatic heterocycles. The number of morpholine rings is 1. The summed E-state index contributed by atoms with van der Waals surface area (Å²) in [4.78, 5) is 25.1. The molecular formula is C33H39Cl2F3N2O4. The second-order valence-electron chi connectivity index (χ2n) is 10.7. The fourth-order valence-electron chi connectivity index (χ4n) is 5.22. The molecule has 0 amide bonds. The third kappa shape index (κ3) is 10.3. The lowest BCUT2D eigenvalue weighted by Gasteiger charge is -2.30. The molecule has 0 bridgehead atoms. The standard InChI is InChI=1S/C33H37F3N2O4.2ClH/c1-2-4-31(40)42-20-26-19-41-27(18-38-26)15-16-28-23(5-3-6-29(28)36)17-30(39)33(37)32(21-7-11-24(34)12-8-21)22-9-13-25(35)14-10-22;;/h3,5-14,26-27,32-33,38H,2,4,15-20,37H2,1H3;2*1H/t26-,27+,33+;;/m0../s1. The maximum atomic E-state index is 15.0. The molecule has 0 unspecified atom stereocenters. The molecule has 1 aliphatic rings. The van der Waals surface area contributed by atoms with E-state index < -0.39 is 29.4 Å². The molecule has 1 heterocycles. The molecule has 240 valence electrons. The van der Waals surface area contributed by atoms with E-state index in [0.717, 1.165) is 6.42 Å². The predicted octanol–water partition coefficient (Wildman–Crippen LogP) is 5.85. The summed E-state index contributed by atoms with van der Waals surface area (Å²) in [6.07, 6.45) is 1.73. The smallest absolute Gasteiger partial charge is 0.305 e. The van der Waals surface area contributed by atoms with Crippen LogP contribution in [0.4, 0.5) is 13.2 Å². The van der Waals surface area contributed by atoms with Crippen molar-refractivity contribution >= 4 is 36.6 Å². The average Bonchev–Trinajstić information content (AvgIpc) is 2.98. The van der Waals surface area contributed by atoms with Gasteiger partial charge in [0.1, 0.15) is 24.1 Å². The van der Waals surface area contributed by atoms with E-state index in [9.17, 15) is 18.4 Å². The SMILES string of the molecule is CCCC(=O)OC[C@@H]1CO[C@H](CCc2c(F)cccc2CC(=O)[C@@H](N)C(c2ccc(F)cc2)c2ccc(F)cc2)CN1.Cl.Cl. The number of ketones is 1. The van der Waals surface area contributed by atoms with Gasteiger partial charge in [-0.05, 0) is 71.8 Å². The first kappa shape index (κ1) is 37.2. The summed E-state index contributed by atoms with van der Waals surface area (Å²) in [6.45, 7) is 3.05. The van der Waals surface area contributed by atoms with Gasteiger partial charge in [-0.2, -0.15) is 0 Å². The first-order valence-electron chi connectivity index (χ1n) is 14.3. The molecule has 11 heteroatoms. The molecule has 0 spiro atoms. The van der Waals surface area contributed by atoms with Crippen molar-refractivity contribution < 1.29 is 32.2 Å². The van der Waals surface area contributed by atoms with Crippen LogP contribution >= 0.6 is 24.8 Å². The van der Waals surface area contributed by atoms with Crippen LogP contribution < -0.4 is 11.1 Å². The largest absolute Gasteiger partial charge is 0.464 e. The average molecular weight is 656 g/mol. The van der Waals surface area contributed by atoms with Crippen LogP contribution in [0, 0.1) is 17.5 Å². The summed E-state index contributed by atoms with van der Waals surface area (Å²) < 4.78 is 53.5. The summed E-state index contributed by atoms with van der Waals surface area (Å²) in [6, 6.07) is 14.9. The van der Waals surface area contributed by atoms with E-state index in [4.69, 9.17) is 15.2 Å². The van der Waals surface area contributed by atoms with E-state index in [1.54, 1.807) is 36.4 Å². The maximum Gasteiger partial charge on any atom is 0.305 e. The molecule has 3 aromatic rings. The van der Waals surface area contributed by atoms with Crippen molar-refractivity contribution in [3.05, 3.63) is 106 Å². The number of carbonyl (C=O) groups is 2. The van der Waals surface area contributed by atoms with E-state index in [-0.39, 0.29) is 61.7 Å². The zero-order valence-electron chi connectivity index (χ0n) is 24.5. The van der Waals surface area contributed by atoms with Gasteiger partial charge in [-0.15, -0.1) is 24.8 Å². The number of ether oxygens (including phenoxy) is 2. The summed E-state index contributed by atoms with van der Waals surface area (Å²) >= 11 is 0. The number of rotatable bonds is 13. The molecule has 1 fully saturated rings. The first-order valence-corrected chi connectivity index (χ1v) is 14.3. The molecule has 1 saturated heterocycles. The normalized spacial score (nSPS) is 16.9. The van der Waals surface area contributed by atoms with Crippen molar-refractivity contribution in [2.75, 3.05) is 19.8 Å². The van der Waals surface area contributed by atoms with Gasteiger partial charge in [-0.25, -0.2) is 13.2 Å². The van der Waals surface area contributed by atoms with Gasteiger partial charge >= 0.3 is 5.97 Å². The Hall–Kier alpha value is -2.95. The van der Waals surface area contributed by atoms with E-state index in [1.165, 1.54) is 30.3 Å². The highest BCUT2D eigenvalue weighted by molar-refractivity contribution is 5.88. The van der Waals surface area contributed by atoms with Crippen molar-refractivity contribution in [1.29, 1.82) is 0 Å². The number of hydrogen-bond acceptors (Lipinski definition) is 6. The van der Waals surface area contributed by atoms with Crippen LogP contribution in [0.2, 0.25) is 0 Å². The Morgan fingerprint density at radius 3 is 2.14 bits per heavy atom. The third-order valence-electron chi connectivity index (χ3n) is 7.55. The number of nitrogens with one attached hydrogen (secondary N) is 1. The lowest BCUT2D eigenvalue weighted by atomic mass is 9.82. The van der Waals surface area contributed by atoms with Crippen LogP contribution in [0.25, 0.3) is 0 Å². The Morgan fingerprint density at radius 1 is 0.977 bits per heavy atom. The number of esters is 1. The predicted molar refractivity (Wildman–Crippen MR) is 168 cm³/mol. The second-order valence-corrected chi connectivity index (χ2v) is 10.7. The molecular weight excluding hydrogens is 616 g/mol. The Labute approximate surface area is 268 Å². The third-order valence-corrected chi connectivity index (χ3v) is 7.55. The summed E-state index contributed by atoms with van der Waals surface area (Å²) in [5, 5.41) is 3.32. The monoisotopic (exact) mass is 654 g/mol. The molecule has 3 N–H and O–H groups in total. The van der Waals surface area contributed by atoms with E-state index in [1.807, 2.05) is 6.92 Å². The van der Waals surface area contributed by atoms with Crippen LogP contribution in [0.5, 0.6) is 0 Å². The highest BCUT2D eigenvalue weighted by atomic mass is 35.5. The second kappa shape index (κ2) is 18.1. The van der Waals surface area contributed by atoms with Crippen LogP contribution in [0.3, 0.4) is 0 Å². The van der Waals surface area contributed by atoms with Gasteiger partial charge in [0.25, 0.3) is 0 Å². The Morgan fingerprint density at radius 2 is 1.59 bits per heavy atom. The van der Waals surface area contributed by atoms with Crippen molar-refractivity contribution in [2.24, 2.45) is 5.73 Å². The van der Waals surface area contributed by atoms with Gasteiger partial charge in [0.15, 0.2) is 5.78 Å². The minimum absolute atomic E-state index is 0. The lowest BCUT2D eigenvalue weighted by molar-refractivity contribution is -0.145. The van der Waals surface area contributed by atoms with Crippen LogP contribution in [-0.2, 0) is 31.9 Å². The van der Waals surface area contributed by atoms with Gasteiger partial charge in [-0.1, -0.05) is 43.3 Å². The van der Waals surface area contributed by atoms with Crippen molar-refractivity contribution in [3.8, 4) is 0 Å². The highest BCUT2D eigenvalue weighted by Gasteiger charge is 2.29. The van der Waals surface area contributed by atoms with Crippen LogP contribution in [0.1, 0.15) is 54.4 Å². The zero-order chi connectivity index (χ0) is 30.1. The van der Waals surface area contributed by atoms with Gasteiger partial charge < -0.3 is 20.5 Å². The Balaban J connectivity index is 0.00000337. The molecule has 0 aliphatic carbocycles. The molecule has 4 rings (SSSR count). The van der Waals surface area contributed by atoms with Crippen LogP contribution in [-0.4, -0.2) is 49.7 Å². The van der Waals surface area contributed by atoms with Crippen molar-refractivity contribution in [3.63, 3.8) is 0 Å². The Kier molecular flexibility index (Phi) is 15.3. The van der Waals surface area contributed by atoms with Crippen LogP contribution in [0.15, 0.2) is 66.7 Å².